The van der Waals surface area contributed by atoms with Crippen molar-refractivity contribution in [2.24, 2.45) is 7.05 Å². The monoisotopic (exact) mass is 476 g/mol. The Balaban J connectivity index is 1.58. The lowest BCUT2D eigenvalue weighted by Crippen LogP contribution is -2.30. The number of carbonyl (C=O) groups is 1. The number of aromatic nitrogens is 7. The van der Waals surface area contributed by atoms with Crippen molar-refractivity contribution in [1.82, 2.24) is 40.0 Å². The van der Waals surface area contributed by atoms with E-state index in [1.165, 1.54) is 12.3 Å². The van der Waals surface area contributed by atoms with Crippen LogP contribution in [0, 0.1) is 11.3 Å². The van der Waals surface area contributed by atoms with Crippen molar-refractivity contribution in [2.45, 2.75) is 13.0 Å². The zero-order chi connectivity index (χ0) is 25.2. The van der Waals surface area contributed by atoms with Crippen LogP contribution in [0.2, 0.25) is 0 Å². The molecule has 1 aromatic carbocycles. The van der Waals surface area contributed by atoms with Gasteiger partial charge >= 0.3 is 0 Å². The number of anilines is 1. The van der Waals surface area contributed by atoms with E-state index in [1.54, 1.807) is 37.1 Å². The fourth-order valence-electron chi connectivity index (χ4n) is 3.73. The third-order valence-corrected chi connectivity index (χ3v) is 5.49. The Labute approximate surface area is 205 Å². The third-order valence-electron chi connectivity index (χ3n) is 5.49. The second-order valence-corrected chi connectivity index (χ2v) is 8.05. The zero-order valence-electron chi connectivity index (χ0n) is 19.4. The molecule has 1 amide bonds. The maximum Gasteiger partial charge on any atom is 0.274 e. The molecule has 11 heteroatoms. The number of pyridine rings is 1. The van der Waals surface area contributed by atoms with E-state index >= 15 is 0 Å². The maximum atomic E-state index is 13.2. The van der Waals surface area contributed by atoms with E-state index in [0.717, 1.165) is 16.5 Å². The van der Waals surface area contributed by atoms with Gasteiger partial charge in [-0.3, -0.25) is 14.5 Å². The summed E-state index contributed by atoms with van der Waals surface area (Å²) in [5.41, 5.74) is 9.40. The molecule has 4 aromatic heterocycles. The number of nitrogen functional groups attached to an aromatic ring is 1. The zero-order valence-corrected chi connectivity index (χ0v) is 19.4. The van der Waals surface area contributed by atoms with Crippen molar-refractivity contribution >= 4 is 22.6 Å². The Morgan fingerprint density at radius 3 is 2.72 bits per heavy atom. The lowest BCUT2D eigenvalue weighted by molar-refractivity contribution is 0.0934. The van der Waals surface area contributed by atoms with Crippen LogP contribution in [0.1, 0.15) is 35.0 Å². The summed E-state index contributed by atoms with van der Waals surface area (Å²) in [4.78, 5) is 35.0. The number of rotatable bonds is 5. The van der Waals surface area contributed by atoms with Gasteiger partial charge in [0.25, 0.3) is 5.91 Å². The van der Waals surface area contributed by atoms with Gasteiger partial charge in [0.15, 0.2) is 17.3 Å². The molecule has 5 rings (SSSR count). The van der Waals surface area contributed by atoms with Gasteiger partial charge in [-0.25, -0.2) is 19.9 Å². The predicted molar refractivity (Wildman–Crippen MR) is 132 cm³/mol. The van der Waals surface area contributed by atoms with Gasteiger partial charge in [-0.1, -0.05) is 12.1 Å². The molecular formula is C25H20N10O. The van der Waals surface area contributed by atoms with Gasteiger partial charge in [0.05, 0.1) is 17.3 Å². The first-order valence-corrected chi connectivity index (χ1v) is 11.0. The molecule has 0 bridgehead atoms. The summed E-state index contributed by atoms with van der Waals surface area (Å²) in [6.07, 6.45) is 4.98. The molecule has 36 heavy (non-hydrogen) atoms. The summed E-state index contributed by atoms with van der Waals surface area (Å²) in [6, 6.07) is 14.1. The van der Waals surface area contributed by atoms with E-state index < -0.39 is 11.9 Å². The second kappa shape index (κ2) is 9.19. The van der Waals surface area contributed by atoms with Gasteiger partial charge in [0.1, 0.15) is 23.2 Å². The highest BCUT2D eigenvalue weighted by Crippen LogP contribution is 2.31. The summed E-state index contributed by atoms with van der Waals surface area (Å²) in [5, 5.41) is 17.2. The quantitative estimate of drug-likeness (QED) is 0.388. The SMILES string of the molecule is CC(NC(=O)c1nc(-c2ccc3ncccc3c2)c(-c2ccn(C)n2)nc1N)c1nccc(C#N)n1. The van der Waals surface area contributed by atoms with E-state index in [9.17, 15) is 4.79 Å². The predicted octanol–water partition coefficient (Wildman–Crippen LogP) is 2.83. The molecule has 0 aliphatic carbocycles. The number of amides is 1. The molecule has 0 radical (unpaired) electrons. The Morgan fingerprint density at radius 2 is 1.94 bits per heavy atom. The highest BCUT2D eigenvalue weighted by Gasteiger charge is 2.23. The van der Waals surface area contributed by atoms with Gasteiger partial charge in [-0.2, -0.15) is 10.4 Å². The van der Waals surface area contributed by atoms with Crippen LogP contribution in [0.4, 0.5) is 5.82 Å². The van der Waals surface area contributed by atoms with Crippen LogP contribution in [0.25, 0.3) is 33.5 Å². The average molecular weight is 477 g/mol. The molecule has 0 spiro atoms. The number of carbonyl (C=O) groups excluding carboxylic acids is 1. The molecule has 5 aromatic rings. The molecule has 11 nitrogen and oxygen atoms in total. The summed E-state index contributed by atoms with van der Waals surface area (Å²) in [6.45, 7) is 1.71. The van der Waals surface area contributed by atoms with Crippen LogP contribution >= 0.6 is 0 Å². The average Bonchev–Trinajstić information content (AvgIpc) is 3.34. The largest absolute Gasteiger partial charge is 0.382 e. The summed E-state index contributed by atoms with van der Waals surface area (Å²) >= 11 is 0. The van der Waals surface area contributed by atoms with Crippen molar-refractivity contribution in [1.29, 1.82) is 5.26 Å². The maximum absolute atomic E-state index is 13.2. The topological polar surface area (TPSA) is 161 Å². The fourth-order valence-corrected chi connectivity index (χ4v) is 3.73. The second-order valence-electron chi connectivity index (χ2n) is 8.05. The van der Waals surface area contributed by atoms with Crippen LogP contribution in [0.3, 0.4) is 0 Å². The Bertz CT molecular complexity index is 1650. The van der Waals surface area contributed by atoms with Crippen molar-refractivity contribution in [2.75, 3.05) is 5.73 Å². The minimum absolute atomic E-state index is 0.0424. The standard InChI is InChI=1S/C25H20N10O/c1-14(24-29-10-7-17(13-26)31-24)30-25(36)22-23(27)33-21(19-8-11-35(2)34-19)20(32-22)16-5-6-18-15(12-16)4-3-9-28-18/h3-12,14H,1-2H3,(H2,27,33)(H,30,36). The number of hydrogen-bond donors (Lipinski definition) is 2. The van der Waals surface area contributed by atoms with Gasteiger partial charge in [-0.05, 0) is 37.3 Å². The molecule has 0 saturated heterocycles. The van der Waals surface area contributed by atoms with E-state index in [4.69, 9.17) is 11.0 Å². The smallest absolute Gasteiger partial charge is 0.274 e. The molecular weight excluding hydrogens is 456 g/mol. The number of nitriles is 1. The number of benzene rings is 1. The summed E-state index contributed by atoms with van der Waals surface area (Å²) < 4.78 is 1.65. The van der Waals surface area contributed by atoms with Crippen LogP contribution in [0.15, 0.2) is 61.1 Å². The number of hydrogen-bond acceptors (Lipinski definition) is 9. The molecule has 1 unspecified atom stereocenters. The lowest BCUT2D eigenvalue weighted by atomic mass is 10.0. The molecule has 0 aliphatic heterocycles. The van der Waals surface area contributed by atoms with Crippen LogP contribution < -0.4 is 11.1 Å². The molecule has 3 N–H and O–H groups in total. The van der Waals surface area contributed by atoms with E-state index in [1.807, 2.05) is 36.4 Å². The molecule has 0 saturated carbocycles. The van der Waals surface area contributed by atoms with Gasteiger partial charge in [-0.15, -0.1) is 0 Å². The van der Waals surface area contributed by atoms with Crippen LogP contribution in [-0.4, -0.2) is 40.6 Å². The van der Waals surface area contributed by atoms with Crippen LogP contribution in [0.5, 0.6) is 0 Å². The highest BCUT2D eigenvalue weighted by atomic mass is 16.2. The van der Waals surface area contributed by atoms with Gasteiger partial charge < -0.3 is 11.1 Å². The Hall–Kier alpha value is -5.24. The first kappa shape index (κ1) is 22.5. The molecule has 176 valence electrons. The van der Waals surface area contributed by atoms with Crippen LogP contribution in [-0.2, 0) is 7.05 Å². The number of nitrogens with one attached hydrogen (secondary N) is 1. The van der Waals surface area contributed by atoms with Crippen molar-refractivity contribution in [3.63, 3.8) is 0 Å². The summed E-state index contributed by atoms with van der Waals surface area (Å²) in [5.74, 6) is -0.297. The Kier molecular flexibility index (Phi) is 5.75. The van der Waals surface area contributed by atoms with Crippen molar-refractivity contribution in [3.05, 3.63) is 78.3 Å². The molecule has 0 fully saturated rings. The summed E-state index contributed by atoms with van der Waals surface area (Å²) in [7, 11) is 1.80. The lowest BCUT2D eigenvalue weighted by Gasteiger charge is -2.15. The minimum atomic E-state index is -0.599. The van der Waals surface area contributed by atoms with E-state index in [0.29, 0.717) is 22.9 Å². The van der Waals surface area contributed by atoms with Crippen molar-refractivity contribution < 1.29 is 4.79 Å². The minimum Gasteiger partial charge on any atom is -0.382 e. The molecule has 4 heterocycles. The number of aryl methyl sites for hydroxylation is 1. The third kappa shape index (κ3) is 4.30. The first-order chi connectivity index (χ1) is 17.4. The Morgan fingerprint density at radius 1 is 1.08 bits per heavy atom. The van der Waals surface area contributed by atoms with E-state index in [2.05, 4.69) is 35.3 Å². The normalized spacial score (nSPS) is 11.7. The van der Waals surface area contributed by atoms with Crippen molar-refractivity contribution in [3.8, 4) is 28.7 Å². The molecule has 1 atom stereocenters. The first-order valence-electron chi connectivity index (χ1n) is 11.0. The number of nitrogens with zero attached hydrogens (tertiary/aromatic N) is 8. The number of fused-ring (bicyclic) bond motifs is 1. The highest BCUT2D eigenvalue weighted by molar-refractivity contribution is 5.98. The number of nitrogens with two attached hydrogens (primary N) is 1. The fraction of sp³-hybridized carbons (Fsp3) is 0.120. The van der Waals surface area contributed by atoms with E-state index in [-0.39, 0.29) is 17.2 Å². The van der Waals surface area contributed by atoms with Gasteiger partial charge in [0, 0.05) is 36.6 Å². The van der Waals surface area contributed by atoms with Gasteiger partial charge in [0.2, 0.25) is 0 Å². The molecule has 0 aliphatic rings.